The Kier molecular flexibility index (Phi) is 4.42. The van der Waals surface area contributed by atoms with Gasteiger partial charge in [0.2, 0.25) is 0 Å². The number of ether oxygens (including phenoxy) is 2. The van der Waals surface area contributed by atoms with E-state index in [0.717, 1.165) is 13.0 Å². The average molecular weight is 224 g/mol. The van der Waals surface area contributed by atoms with E-state index in [2.05, 4.69) is 19.9 Å². The Morgan fingerprint density at radius 1 is 1.38 bits per heavy atom. The van der Waals surface area contributed by atoms with Gasteiger partial charge in [0.1, 0.15) is 0 Å². The molecule has 2 rings (SSSR count). The zero-order chi connectivity index (χ0) is 11.4. The standard InChI is InChI=1S/C14H24O2/c1-11-6-8-13(9-7-11)12(2)16-14-5-3-4-10-15-14/h6,12-14H,3-5,7-10H2,1-2H3. The Hall–Kier alpha value is -0.340. The molecule has 0 N–H and O–H groups in total. The number of hydrogen-bond donors (Lipinski definition) is 0. The molecule has 0 radical (unpaired) electrons. The molecule has 92 valence electrons. The molecule has 1 aliphatic heterocycles. The first kappa shape index (κ1) is 12.1. The van der Waals surface area contributed by atoms with E-state index in [4.69, 9.17) is 9.47 Å². The Morgan fingerprint density at radius 2 is 2.25 bits per heavy atom. The predicted molar refractivity (Wildman–Crippen MR) is 65.2 cm³/mol. The van der Waals surface area contributed by atoms with Crippen molar-refractivity contribution in [2.75, 3.05) is 6.61 Å². The van der Waals surface area contributed by atoms with Gasteiger partial charge >= 0.3 is 0 Å². The van der Waals surface area contributed by atoms with Crippen LogP contribution in [0.4, 0.5) is 0 Å². The number of rotatable bonds is 3. The molecule has 0 aromatic rings. The van der Waals surface area contributed by atoms with Gasteiger partial charge in [-0.25, -0.2) is 0 Å². The summed E-state index contributed by atoms with van der Waals surface area (Å²) in [6.07, 6.45) is 9.99. The van der Waals surface area contributed by atoms with Gasteiger partial charge in [-0.3, -0.25) is 0 Å². The van der Waals surface area contributed by atoms with Crippen molar-refractivity contribution in [1.29, 1.82) is 0 Å². The first-order valence-electron chi connectivity index (χ1n) is 6.68. The van der Waals surface area contributed by atoms with Gasteiger partial charge in [0.05, 0.1) is 6.10 Å². The summed E-state index contributed by atoms with van der Waals surface area (Å²) in [7, 11) is 0. The lowest BCUT2D eigenvalue weighted by atomic mass is 9.87. The number of hydrogen-bond acceptors (Lipinski definition) is 2. The van der Waals surface area contributed by atoms with E-state index >= 15 is 0 Å². The Balaban J connectivity index is 1.76. The van der Waals surface area contributed by atoms with Crippen molar-refractivity contribution >= 4 is 0 Å². The first-order valence-corrected chi connectivity index (χ1v) is 6.68. The van der Waals surface area contributed by atoms with Crippen LogP contribution in [-0.4, -0.2) is 19.0 Å². The van der Waals surface area contributed by atoms with Gasteiger partial charge in [-0.15, -0.1) is 0 Å². The van der Waals surface area contributed by atoms with Crippen LogP contribution in [0, 0.1) is 5.92 Å². The van der Waals surface area contributed by atoms with Crippen molar-refractivity contribution in [2.24, 2.45) is 5.92 Å². The quantitative estimate of drug-likeness (QED) is 0.681. The summed E-state index contributed by atoms with van der Waals surface area (Å²) in [4.78, 5) is 0. The van der Waals surface area contributed by atoms with Crippen molar-refractivity contribution in [3.8, 4) is 0 Å². The van der Waals surface area contributed by atoms with Crippen LogP contribution < -0.4 is 0 Å². The van der Waals surface area contributed by atoms with Crippen molar-refractivity contribution in [2.45, 2.75) is 64.8 Å². The molecule has 0 bridgehead atoms. The van der Waals surface area contributed by atoms with Crippen molar-refractivity contribution < 1.29 is 9.47 Å². The highest BCUT2D eigenvalue weighted by molar-refractivity contribution is 5.03. The second kappa shape index (κ2) is 5.83. The molecular formula is C14H24O2. The molecule has 0 spiro atoms. The largest absolute Gasteiger partial charge is 0.353 e. The van der Waals surface area contributed by atoms with E-state index in [1.165, 1.54) is 37.7 Å². The maximum absolute atomic E-state index is 6.01. The Bertz CT molecular complexity index is 241. The summed E-state index contributed by atoms with van der Waals surface area (Å²) in [5.74, 6) is 0.689. The summed E-state index contributed by atoms with van der Waals surface area (Å²) in [5.41, 5.74) is 1.54. The third-order valence-corrected chi connectivity index (χ3v) is 3.85. The van der Waals surface area contributed by atoms with Crippen LogP contribution in [0.25, 0.3) is 0 Å². The molecule has 1 heterocycles. The first-order chi connectivity index (χ1) is 7.75. The van der Waals surface area contributed by atoms with E-state index in [-0.39, 0.29) is 6.29 Å². The third kappa shape index (κ3) is 3.33. The molecule has 0 saturated carbocycles. The summed E-state index contributed by atoms with van der Waals surface area (Å²) >= 11 is 0. The zero-order valence-electron chi connectivity index (χ0n) is 10.6. The minimum absolute atomic E-state index is 0.0655. The molecule has 2 heteroatoms. The van der Waals surface area contributed by atoms with E-state index < -0.39 is 0 Å². The average Bonchev–Trinajstić information content (AvgIpc) is 2.31. The van der Waals surface area contributed by atoms with Gasteiger partial charge in [0.25, 0.3) is 0 Å². The van der Waals surface area contributed by atoms with Gasteiger partial charge in [-0.2, -0.15) is 0 Å². The van der Waals surface area contributed by atoms with Crippen molar-refractivity contribution in [1.82, 2.24) is 0 Å². The molecule has 1 saturated heterocycles. The van der Waals surface area contributed by atoms with Crippen LogP contribution in [0.3, 0.4) is 0 Å². The van der Waals surface area contributed by atoms with E-state index in [0.29, 0.717) is 12.0 Å². The molecule has 1 aliphatic carbocycles. The second-order valence-corrected chi connectivity index (χ2v) is 5.22. The summed E-state index contributed by atoms with van der Waals surface area (Å²) < 4.78 is 11.6. The molecule has 0 aromatic heterocycles. The van der Waals surface area contributed by atoms with Crippen LogP contribution in [0.2, 0.25) is 0 Å². The van der Waals surface area contributed by atoms with Gasteiger partial charge in [0.15, 0.2) is 6.29 Å². The second-order valence-electron chi connectivity index (χ2n) is 5.22. The summed E-state index contributed by atoms with van der Waals surface area (Å²) in [6, 6.07) is 0. The molecule has 0 amide bonds. The molecule has 1 fully saturated rings. The monoisotopic (exact) mass is 224 g/mol. The SMILES string of the molecule is CC1=CCC(C(C)OC2CCCCO2)CC1. The van der Waals surface area contributed by atoms with Gasteiger partial charge in [0, 0.05) is 6.61 Å². The topological polar surface area (TPSA) is 18.5 Å². The zero-order valence-corrected chi connectivity index (χ0v) is 10.6. The van der Waals surface area contributed by atoms with E-state index in [9.17, 15) is 0 Å². The van der Waals surface area contributed by atoms with Crippen LogP contribution in [0.1, 0.15) is 52.4 Å². The van der Waals surface area contributed by atoms with Gasteiger partial charge in [-0.1, -0.05) is 11.6 Å². The molecule has 2 aliphatic rings. The van der Waals surface area contributed by atoms with Crippen LogP contribution in [-0.2, 0) is 9.47 Å². The van der Waals surface area contributed by atoms with Crippen LogP contribution in [0.15, 0.2) is 11.6 Å². The maximum Gasteiger partial charge on any atom is 0.157 e. The van der Waals surface area contributed by atoms with Crippen LogP contribution >= 0.6 is 0 Å². The highest BCUT2D eigenvalue weighted by Gasteiger charge is 2.24. The fourth-order valence-electron chi connectivity index (χ4n) is 2.58. The maximum atomic E-state index is 6.01. The molecule has 0 aromatic carbocycles. The minimum atomic E-state index is 0.0655. The van der Waals surface area contributed by atoms with Crippen molar-refractivity contribution in [3.63, 3.8) is 0 Å². The van der Waals surface area contributed by atoms with Crippen LogP contribution in [0.5, 0.6) is 0 Å². The minimum Gasteiger partial charge on any atom is -0.353 e. The Labute approximate surface area is 99.0 Å². The van der Waals surface area contributed by atoms with Gasteiger partial charge in [-0.05, 0) is 58.3 Å². The smallest absolute Gasteiger partial charge is 0.157 e. The predicted octanol–water partition coefficient (Wildman–Crippen LogP) is 3.66. The van der Waals surface area contributed by atoms with E-state index in [1.807, 2.05) is 0 Å². The molecular weight excluding hydrogens is 200 g/mol. The van der Waals surface area contributed by atoms with E-state index in [1.54, 1.807) is 0 Å². The molecule has 16 heavy (non-hydrogen) atoms. The fourth-order valence-corrected chi connectivity index (χ4v) is 2.58. The lowest BCUT2D eigenvalue weighted by molar-refractivity contribution is -0.194. The molecule has 3 unspecified atom stereocenters. The summed E-state index contributed by atoms with van der Waals surface area (Å²) in [6.45, 7) is 5.31. The molecule has 3 atom stereocenters. The highest BCUT2D eigenvalue weighted by atomic mass is 16.7. The molecule has 2 nitrogen and oxygen atoms in total. The lowest BCUT2D eigenvalue weighted by Gasteiger charge is -2.31. The fraction of sp³-hybridized carbons (Fsp3) is 0.857. The van der Waals surface area contributed by atoms with Gasteiger partial charge < -0.3 is 9.47 Å². The Morgan fingerprint density at radius 3 is 2.88 bits per heavy atom. The highest BCUT2D eigenvalue weighted by Crippen LogP contribution is 2.28. The lowest BCUT2D eigenvalue weighted by Crippen LogP contribution is -2.31. The summed E-state index contributed by atoms with van der Waals surface area (Å²) in [5, 5.41) is 0. The third-order valence-electron chi connectivity index (χ3n) is 3.85. The number of allylic oxidation sites excluding steroid dienone is 2. The normalized spacial score (nSPS) is 33.2. The van der Waals surface area contributed by atoms with Crippen molar-refractivity contribution in [3.05, 3.63) is 11.6 Å².